The highest BCUT2D eigenvalue weighted by molar-refractivity contribution is 6.00. The zero-order chi connectivity index (χ0) is 16.4. The van der Waals surface area contributed by atoms with Crippen molar-refractivity contribution in [1.82, 2.24) is 4.98 Å². The number of aromatic nitrogens is 1. The molecule has 23 heavy (non-hydrogen) atoms. The van der Waals surface area contributed by atoms with Crippen molar-refractivity contribution in [2.24, 2.45) is 0 Å². The van der Waals surface area contributed by atoms with Gasteiger partial charge < -0.3 is 9.47 Å². The fourth-order valence-electron chi connectivity index (χ4n) is 2.61. The average Bonchev–Trinajstić information content (AvgIpc) is 2.60. The summed E-state index contributed by atoms with van der Waals surface area (Å²) in [6.45, 7) is 1.96. The molecule has 0 saturated carbocycles. The van der Waals surface area contributed by atoms with E-state index in [4.69, 9.17) is 9.47 Å². The van der Waals surface area contributed by atoms with E-state index in [0.29, 0.717) is 5.56 Å². The molecule has 3 rings (SSSR count). The van der Waals surface area contributed by atoms with Crippen LogP contribution in [0.5, 0.6) is 5.75 Å². The number of fused-ring (bicyclic) bond motifs is 1. The Bertz CT molecular complexity index is 870. The second kappa shape index (κ2) is 6.08. The standard InChI is InChI=1S/C19H17NO3/c1-12-10-16(13-4-7-15(22-2)8-5-13)17-11-14(19(21)23-3)6-9-18(17)20-12/h4-11H,1-3H3. The number of esters is 1. The molecule has 2 aromatic carbocycles. The summed E-state index contributed by atoms with van der Waals surface area (Å²) in [4.78, 5) is 16.3. The van der Waals surface area contributed by atoms with Crippen molar-refractivity contribution in [1.29, 1.82) is 0 Å². The quantitative estimate of drug-likeness (QED) is 0.686. The Morgan fingerprint density at radius 3 is 2.39 bits per heavy atom. The maximum atomic E-state index is 11.8. The molecule has 0 atom stereocenters. The highest BCUT2D eigenvalue weighted by Crippen LogP contribution is 2.30. The Balaban J connectivity index is 2.22. The number of aryl methyl sites for hydroxylation is 1. The Morgan fingerprint density at radius 2 is 1.74 bits per heavy atom. The molecule has 0 unspecified atom stereocenters. The predicted octanol–water partition coefficient (Wildman–Crippen LogP) is 4.01. The first-order valence-corrected chi connectivity index (χ1v) is 7.26. The summed E-state index contributed by atoms with van der Waals surface area (Å²) in [5, 5.41) is 0.920. The second-order valence-corrected chi connectivity index (χ2v) is 5.26. The molecule has 1 heterocycles. The van der Waals surface area contributed by atoms with E-state index in [1.54, 1.807) is 13.2 Å². The number of hydrogen-bond donors (Lipinski definition) is 0. The molecule has 0 fully saturated rings. The molecule has 0 spiro atoms. The molecule has 0 aliphatic heterocycles. The van der Waals surface area contributed by atoms with Gasteiger partial charge in [0.2, 0.25) is 0 Å². The van der Waals surface area contributed by atoms with Crippen LogP contribution in [0, 0.1) is 6.92 Å². The van der Waals surface area contributed by atoms with E-state index >= 15 is 0 Å². The van der Waals surface area contributed by atoms with Crippen LogP contribution in [0.25, 0.3) is 22.0 Å². The van der Waals surface area contributed by atoms with Gasteiger partial charge in [-0.05, 0) is 54.4 Å². The van der Waals surface area contributed by atoms with Gasteiger partial charge >= 0.3 is 5.97 Å². The molecule has 116 valence electrons. The van der Waals surface area contributed by atoms with Gasteiger partial charge in [-0.3, -0.25) is 4.98 Å². The molecule has 0 aliphatic rings. The smallest absolute Gasteiger partial charge is 0.337 e. The molecule has 0 saturated heterocycles. The van der Waals surface area contributed by atoms with Gasteiger partial charge in [0.1, 0.15) is 5.75 Å². The molecule has 4 heteroatoms. The maximum Gasteiger partial charge on any atom is 0.337 e. The lowest BCUT2D eigenvalue weighted by Gasteiger charge is -2.10. The van der Waals surface area contributed by atoms with E-state index in [-0.39, 0.29) is 5.97 Å². The molecule has 0 N–H and O–H groups in total. The third-order valence-corrected chi connectivity index (χ3v) is 3.76. The van der Waals surface area contributed by atoms with Crippen LogP contribution < -0.4 is 4.74 Å². The van der Waals surface area contributed by atoms with Gasteiger partial charge in [-0.15, -0.1) is 0 Å². The van der Waals surface area contributed by atoms with Gasteiger partial charge in [0.25, 0.3) is 0 Å². The monoisotopic (exact) mass is 307 g/mol. The maximum absolute atomic E-state index is 11.8. The van der Waals surface area contributed by atoms with Gasteiger partial charge in [-0.25, -0.2) is 4.79 Å². The van der Waals surface area contributed by atoms with Crippen molar-refractivity contribution in [2.75, 3.05) is 14.2 Å². The van der Waals surface area contributed by atoms with E-state index < -0.39 is 0 Å². The fraction of sp³-hybridized carbons (Fsp3) is 0.158. The van der Waals surface area contributed by atoms with Crippen molar-refractivity contribution in [2.45, 2.75) is 6.92 Å². The number of benzene rings is 2. The van der Waals surface area contributed by atoms with Crippen molar-refractivity contribution in [3.05, 3.63) is 59.8 Å². The summed E-state index contributed by atoms with van der Waals surface area (Å²) < 4.78 is 10.0. The summed E-state index contributed by atoms with van der Waals surface area (Å²) in [5.41, 5.74) is 4.36. The van der Waals surface area contributed by atoms with E-state index in [2.05, 4.69) is 4.98 Å². The summed E-state index contributed by atoms with van der Waals surface area (Å²) >= 11 is 0. The number of nitrogens with zero attached hydrogens (tertiary/aromatic N) is 1. The molecular formula is C19H17NO3. The number of ether oxygens (including phenoxy) is 2. The van der Waals surface area contributed by atoms with Crippen LogP contribution in [0.4, 0.5) is 0 Å². The van der Waals surface area contributed by atoms with Gasteiger partial charge in [0.05, 0.1) is 25.3 Å². The Hall–Kier alpha value is -2.88. The first-order chi connectivity index (χ1) is 11.1. The minimum atomic E-state index is -0.354. The van der Waals surface area contributed by atoms with Crippen LogP contribution >= 0.6 is 0 Å². The average molecular weight is 307 g/mol. The van der Waals surface area contributed by atoms with Gasteiger partial charge in [-0.1, -0.05) is 12.1 Å². The van der Waals surface area contributed by atoms with Gasteiger partial charge in [0, 0.05) is 11.1 Å². The van der Waals surface area contributed by atoms with Crippen molar-refractivity contribution < 1.29 is 14.3 Å². The van der Waals surface area contributed by atoms with E-state index in [9.17, 15) is 4.79 Å². The lowest BCUT2D eigenvalue weighted by atomic mass is 9.98. The normalized spacial score (nSPS) is 10.6. The lowest BCUT2D eigenvalue weighted by Crippen LogP contribution is -2.01. The van der Waals surface area contributed by atoms with Crippen molar-refractivity contribution in [3.8, 4) is 16.9 Å². The summed E-state index contributed by atoms with van der Waals surface area (Å²) in [7, 11) is 3.02. The fourth-order valence-corrected chi connectivity index (χ4v) is 2.61. The lowest BCUT2D eigenvalue weighted by molar-refractivity contribution is 0.0601. The van der Waals surface area contributed by atoms with Crippen LogP contribution in [0.15, 0.2) is 48.5 Å². The van der Waals surface area contributed by atoms with Crippen molar-refractivity contribution in [3.63, 3.8) is 0 Å². The topological polar surface area (TPSA) is 48.4 Å². The Labute approximate surface area is 134 Å². The molecule has 0 bridgehead atoms. The number of carbonyl (C=O) groups is 1. The number of rotatable bonds is 3. The summed E-state index contributed by atoms with van der Waals surface area (Å²) in [5.74, 6) is 0.451. The van der Waals surface area contributed by atoms with Gasteiger partial charge in [0.15, 0.2) is 0 Å². The molecule has 3 aromatic rings. The van der Waals surface area contributed by atoms with Crippen LogP contribution in [0.2, 0.25) is 0 Å². The molecule has 0 radical (unpaired) electrons. The molecule has 0 aliphatic carbocycles. The first kappa shape index (κ1) is 15.0. The third-order valence-electron chi connectivity index (χ3n) is 3.76. The van der Waals surface area contributed by atoms with Crippen LogP contribution in [0.1, 0.15) is 16.1 Å². The number of methoxy groups -OCH3 is 2. The Morgan fingerprint density at radius 1 is 1.00 bits per heavy atom. The highest BCUT2D eigenvalue weighted by atomic mass is 16.5. The third kappa shape index (κ3) is 2.88. The second-order valence-electron chi connectivity index (χ2n) is 5.26. The van der Waals surface area contributed by atoms with E-state index in [1.807, 2.05) is 49.4 Å². The summed E-state index contributed by atoms with van der Waals surface area (Å²) in [6, 6.07) is 15.3. The molecule has 4 nitrogen and oxygen atoms in total. The largest absolute Gasteiger partial charge is 0.497 e. The van der Waals surface area contributed by atoms with E-state index in [0.717, 1.165) is 33.5 Å². The van der Waals surface area contributed by atoms with Gasteiger partial charge in [-0.2, -0.15) is 0 Å². The number of carbonyl (C=O) groups excluding carboxylic acids is 1. The van der Waals surface area contributed by atoms with Crippen molar-refractivity contribution >= 4 is 16.9 Å². The molecule has 1 aromatic heterocycles. The summed E-state index contributed by atoms with van der Waals surface area (Å²) in [6.07, 6.45) is 0. The zero-order valence-electron chi connectivity index (χ0n) is 13.3. The number of hydrogen-bond acceptors (Lipinski definition) is 4. The molecular weight excluding hydrogens is 290 g/mol. The minimum absolute atomic E-state index is 0.354. The Kier molecular flexibility index (Phi) is 3.98. The zero-order valence-corrected chi connectivity index (χ0v) is 13.3. The van der Waals surface area contributed by atoms with Crippen LogP contribution in [0.3, 0.4) is 0 Å². The predicted molar refractivity (Wildman–Crippen MR) is 89.8 cm³/mol. The van der Waals surface area contributed by atoms with E-state index in [1.165, 1.54) is 7.11 Å². The SMILES string of the molecule is COC(=O)c1ccc2nc(C)cc(-c3ccc(OC)cc3)c2c1. The highest BCUT2D eigenvalue weighted by Gasteiger charge is 2.11. The first-order valence-electron chi connectivity index (χ1n) is 7.26. The molecule has 0 amide bonds. The minimum Gasteiger partial charge on any atom is -0.497 e. The van der Waals surface area contributed by atoms with Crippen LogP contribution in [-0.4, -0.2) is 25.2 Å². The number of pyridine rings is 1. The van der Waals surface area contributed by atoms with Crippen LogP contribution in [-0.2, 0) is 4.74 Å².